The Morgan fingerprint density at radius 1 is 1.25 bits per heavy atom. The summed E-state index contributed by atoms with van der Waals surface area (Å²) >= 11 is 9.53. The van der Waals surface area contributed by atoms with Crippen LogP contribution in [-0.2, 0) is 6.54 Å². The Balaban J connectivity index is 2.21. The zero-order valence-electron chi connectivity index (χ0n) is 11.4. The lowest BCUT2D eigenvalue weighted by Crippen LogP contribution is -2.27. The molecule has 20 heavy (non-hydrogen) atoms. The van der Waals surface area contributed by atoms with Crippen LogP contribution in [0.1, 0.15) is 21.5 Å². The van der Waals surface area contributed by atoms with E-state index in [9.17, 15) is 4.79 Å². The van der Waals surface area contributed by atoms with Crippen molar-refractivity contribution < 1.29 is 4.79 Å². The highest BCUT2D eigenvalue weighted by atomic mass is 79.9. The van der Waals surface area contributed by atoms with Gasteiger partial charge in [-0.2, -0.15) is 0 Å². The third kappa shape index (κ3) is 3.41. The Morgan fingerprint density at radius 2 is 1.95 bits per heavy atom. The van der Waals surface area contributed by atoms with Gasteiger partial charge in [0.2, 0.25) is 0 Å². The second kappa shape index (κ2) is 6.42. The van der Waals surface area contributed by atoms with Crippen LogP contribution in [0.2, 0.25) is 5.02 Å². The van der Waals surface area contributed by atoms with Crippen molar-refractivity contribution in [3.05, 3.63) is 68.7 Å². The maximum Gasteiger partial charge on any atom is 0.254 e. The van der Waals surface area contributed by atoms with Gasteiger partial charge in [-0.25, -0.2) is 0 Å². The van der Waals surface area contributed by atoms with Gasteiger partial charge in [-0.05, 0) is 36.2 Å². The molecule has 0 radical (unpaired) electrons. The van der Waals surface area contributed by atoms with E-state index in [0.717, 1.165) is 15.6 Å². The first-order valence-electron chi connectivity index (χ1n) is 6.24. The van der Waals surface area contributed by atoms with Crippen LogP contribution >= 0.6 is 27.5 Å². The number of hydrogen-bond donors (Lipinski definition) is 0. The van der Waals surface area contributed by atoms with Crippen molar-refractivity contribution in [2.75, 3.05) is 7.05 Å². The number of halogens is 2. The molecular weight excluding hydrogens is 338 g/mol. The zero-order chi connectivity index (χ0) is 14.7. The number of carbonyl (C=O) groups is 1. The lowest BCUT2D eigenvalue weighted by atomic mass is 10.1. The predicted molar refractivity (Wildman–Crippen MR) is 86.1 cm³/mol. The maximum atomic E-state index is 12.5. The molecule has 0 bridgehead atoms. The van der Waals surface area contributed by atoms with Crippen LogP contribution < -0.4 is 0 Å². The average Bonchev–Trinajstić information content (AvgIpc) is 2.43. The number of carbonyl (C=O) groups excluding carboxylic acids is 1. The Morgan fingerprint density at radius 3 is 2.65 bits per heavy atom. The second-order valence-electron chi connectivity index (χ2n) is 4.71. The first kappa shape index (κ1) is 15.1. The van der Waals surface area contributed by atoms with E-state index in [1.807, 2.05) is 49.4 Å². The van der Waals surface area contributed by atoms with Crippen LogP contribution in [0.3, 0.4) is 0 Å². The molecule has 0 saturated carbocycles. The lowest BCUT2D eigenvalue weighted by molar-refractivity contribution is 0.0784. The molecule has 1 amide bonds. The minimum Gasteiger partial charge on any atom is -0.337 e. The largest absolute Gasteiger partial charge is 0.337 e. The first-order chi connectivity index (χ1) is 9.49. The normalized spacial score (nSPS) is 10.4. The van der Waals surface area contributed by atoms with Gasteiger partial charge in [0.15, 0.2) is 0 Å². The number of hydrogen-bond acceptors (Lipinski definition) is 1. The molecule has 0 N–H and O–H groups in total. The van der Waals surface area contributed by atoms with Gasteiger partial charge in [0.25, 0.3) is 5.91 Å². The van der Waals surface area contributed by atoms with Gasteiger partial charge in [0.1, 0.15) is 0 Å². The highest BCUT2D eigenvalue weighted by molar-refractivity contribution is 9.10. The number of benzene rings is 2. The van der Waals surface area contributed by atoms with Crippen LogP contribution in [-0.4, -0.2) is 17.9 Å². The average molecular weight is 353 g/mol. The topological polar surface area (TPSA) is 20.3 Å². The summed E-state index contributed by atoms with van der Waals surface area (Å²) in [7, 11) is 1.78. The molecule has 2 aromatic rings. The molecule has 2 rings (SSSR count). The molecule has 0 heterocycles. The molecule has 2 nitrogen and oxygen atoms in total. The molecule has 2 aromatic carbocycles. The van der Waals surface area contributed by atoms with Crippen LogP contribution in [0.5, 0.6) is 0 Å². The monoisotopic (exact) mass is 351 g/mol. The van der Waals surface area contributed by atoms with Gasteiger partial charge >= 0.3 is 0 Å². The van der Waals surface area contributed by atoms with E-state index in [0.29, 0.717) is 17.1 Å². The van der Waals surface area contributed by atoms with Gasteiger partial charge in [-0.15, -0.1) is 0 Å². The van der Waals surface area contributed by atoms with Crippen molar-refractivity contribution >= 4 is 33.4 Å². The highest BCUT2D eigenvalue weighted by Gasteiger charge is 2.15. The standard InChI is InChI=1S/C16H15BrClNO/c1-11-7-8-13(17)9-14(11)16(20)19(2)10-12-5-3-4-6-15(12)18/h3-9H,10H2,1-2H3. The van der Waals surface area contributed by atoms with E-state index in [2.05, 4.69) is 15.9 Å². The number of amides is 1. The van der Waals surface area contributed by atoms with Crippen LogP contribution in [0, 0.1) is 6.92 Å². The van der Waals surface area contributed by atoms with Crippen molar-refractivity contribution in [2.24, 2.45) is 0 Å². The van der Waals surface area contributed by atoms with E-state index >= 15 is 0 Å². The summed E-state index contributed by atoms with van der Waals surface area (Å²) in [6.07, 6.45) is 0. The van der Waals surface area contributed by atoms with Crippen molar-refractivity contribution in [3.8, 4) is 0 Å². The zero-order valence-corrected chi connectivity index (χ0v) is 13.7. The van der Waals surface area contributed by atoms with Gasteiger partial charge in [-0.1, -0.05) is 51.8 Å². The second-order valence-corrected chi connectivity index (χ2v) is 6.03. The van der Waals surface area contributed by atoms with E-state index in [1.165, 1.54) is 0 Å². The van der Waals surface area contributed by atoms with E-state index in [1.54, 1.807) is 11.9 Å². The summed E-state index contributed by atoms with van der Waals surface area (Å²) in [6, 6.07) is 13.3. The molecule has 4 heteroatoms. The van der Waals surface area contributed by atoms with Crippen molar-refractivity contribution in [1.82, 2.24) is 4.90 Å². The summed E-state index contributed by atoms with van der Waals surface area (Å²) in [4.78, 5) is 14.2. The van der Waals surface area contributed by atoms with Crippen molar-refractivity contribution in [1.29, 1.82) is 0 Å². The van der Waals surface area contributed by atoms with Gasteiger partial charge in [0.05, 0.1) is 0 Å². The Hall–Kier alpha value is -1.32. The van der Waals surface area contributed by atoms with Gasteiger partial charge in [-0.3, -0.25) is 4.79 Å². The Kier molecular flexibility index (Phi) is 4.84. The van der Waals surface area contributed by atoms with E-state index < -0.39 is 0 Å². The molecule has 104 valence electrons. The molecule has 0 aliphatic carbocycles. The minimum atomic E-state index is -0.0104. The highest BCUT2D eigenvalue weighted by Crippen LogP contribution is 2.20. The fraction of sp³-hybridized carbons (Fsp3) is 0.188. The fourth-order valence-corrected chi connectivity index (χ4v) is 2.54. The molecule has 0 aliphatic heterocycles. The molecule has 0 spiro atoms. The fourth-order valence-electron chi connectivity index (χ4n) is 1.98. The Labute approximate surface area is 132 Å². The number of nitrogens with zero attached hydrogens (tertiary/aromatic N) is 1. The number of rotatable bonds is 3. The summed E-state index contributed by atoms with van der Waals surface area (Å²) in [5, 5.41) is 0.679. The Bertz CT molecular complexity index is 642. The quantitative estimate of drug-likeness (QED) is 0.785. The van der Waals surface area contributed by atoms with Gasteiger partial charge in [0, 0.05) is 28.7 Å². The summed E-state index contributed by atoms with van der Waals surface area (Å²) in [5.74, 6) is -0.0104. The predicted octanol–water partition coefficient (Wildman–Crippen LogP) is 4.68. The molecule has 0 aromatic heterocycles. The molecule has 0 saturated heterocycles. The third-order valence-electron chi connectivity index (χ3n) is 3.14. The van der Waals surface area contributed by atoms with Crippen LogP contribution in [0.25, 0.3) is 0 Å². The smallest absolute Gasteiger partial charge is 0.254 e. The molecule has 0 fully saturated rings. The summed E-state index contributed by atoms with van der Waals surface area (Å²) in [6.45, 7) is 2.42. The molecule has 0 unspecified atom stereocenters. The molecular formula is C16H15BrClNO. The summed E-state index contributed by atoms with van der Waals surface area (Å²) < 4.78 is 0.901. The third-order valence-corrected chi connectivity index (χ3v) is 4.00. The van der Waals surface area contributed by atoms with E-state index in [-0.39, 0.29) is 5.91 Å². The van der Waals surface area contributed by atoms with Crippen LogP contribution in [0.4, 0.5) is 0 Å². The minimum absolute atomic E-state index is 0.0104. The first-order valence-corrected chi connectivity index (χ1v) is 7.41. The molecule has 0 aliphatic rings. The van der Waals surface area contributed by atoms with Gasteiger partial charge < -0.3 is 4.90 Å². The van der Waals surface area contributed by atoms with Crippen LogP contribution in [0.15, 0.2) is 46.9 Å². The maximum absolute atomic E-state index is 12.5. The summed E-state index contributed by atoms with van der Waals surface area (Å²) in [5.41, 5.74) is 2.61. The SMILES string of the molecule is Cc1ccc(Br)cc1C(=O)N(C)Cc1ccccc1Cl. The van der Waals surface area contributed by atoms with E-state index in [4.69, 9.17) is 11.6 Å². The molecule has 0 atom stereocenters. The van der Waals surface area contributed by atoms with Crippen molar-refractivity contribution in [3.63, 3.8) is 0 Å². The van der Waals surface area contributed by atoms with Crippen molar-refractivity contribution in [2.45, 2.75) is 13.5 Å². The number of aryl methyl sites for hydroxylation is 1. The lowest BCUT2D eigenvalue weighted by Gasteiger charge is -2.19.